The van der Waals surface area contributed by atoms with E-state index in [0.717, 1.165) is 18.0 Å². The predicted octanol–water partition coefficient (Wildman–Crippen LogP) is 2.87. The van der Waals surface area contributed by atoms with Crippen molar-refractivity contribution in [3.63, 3.8) is 0 Å². The van der Waals surface area contributed by atoms with E-state index in [-0.39, 0.29) is 21.6 Å². The van der Waals surface area contributed by atoms with Gasteiger partial charge in [0.25, 0.3) is 0 Å². The van der Waals surface area contributed by atoms with Gasteiger partial charge in [-0.2, -0.15) is 13.2 Å². The molecule has 1 aromatic rings. The van der Waals surface area contributed by atoms with Crippen LogP contribution in [0.25, 0.3) is 0 Å². The highest BCUT2D eigenvalue weighted by atomic mass is 79.9. The van der Waals surface area contributed by atoms with Crippen LogP contribution in [0.3, 0.4) is 0 Å². The number of hydrogen-bond acceptors (Lipinski definition) is 2. The summed E-state index contributed by atoms with van der Waals surface area (Å²) in [6.45, 7) is -1.27. The normalized spacial score (nSPS) is 11.4. The highest BCUT2D eigenvalue weighted by Crippen LogP contribution is 2.30. The van der Waals surface area contributed by atoms with Crippen LogP contribution in [0.4, 0.5) is 23.2 Å². The molecule has 100 valence electrons. The Morgan fingerprint density at radius 3 is 2.44 bits per heavy atom. The van der Waals surface area contributed by atoms with E-state index in [1.165, 1.54) is 6.07 Å². The van der Waals surface area contributed by atoms with Gasteiger partial charge >= 0.3 is 6.18 Å². The number of nitrogens with zero attached hydrogens (tertiary/aromatic N) is 1. The van der Waals surface area contributed by atoms with Crippen molar-refractivity contribution >= 4 is 27.5 Å². The molecule has 0 unspecified atom stereocenters. The molecular weight excluding hydrogens is 318 g/mol. The molecule has 0 bridgehead atoms. The molecule has 3 N–H and O–H groups in total. The average molecular weight is 328 g/mol. The van der Waals surface area contributed by atoms with E-state index >= 15 is 0 Å². The second-order valence-corrected chi connectivity index (χ2v) is 4.44. The molecule has 0 aliphatic rings. The molecule has 0 saturated carbocycles. The van der Waals surface area contributed by atoms with Gasteiger partial charge < -0.3 is 10.6 Å². The first-order valence-electron chi connectivity index (χ1n) is 4.73. The summed E-state index contributed by atoms with van der Waals surface area (Å²) in [5.41, 5.74) is 5.08. The molecule has 0 atom stereocenters. The molecule has 1 aromatic carbocycles. The van der Waals surface area contributed by atoms with Crippen LogP contribution in [0, 0.1) is 11.2 Å². The van der Waals surface area contributed by atoms with Gasteiger partial charge in [0.2, 0.25) is 0 Å². The highest BCUT2D eigenvalue weighted by molar-refractivity contribution is 9.10. The van der Waals surface area contributed by atoms with Crippen LogP contribution >= 0.6 is 15.9 Å². The van der Waals surface area contributed by atoms with Crippen molar-refractivity contribution in [2.45, 2.75) is 6.18 Å². The third kappa shape index (κ3) is 3.34. The molecule has 0 aliphatic heterocycles. The van der Waals surface area contributed by atoms with Crippen LogP contribution in [0.15, 0.2) is 16.6 Å². The van der Waals surface area contributed by atoms with Crippen molar-refractivity contribution in [1.82, 2.24) is 0 Å². The Labute approximate surface area is 109 Å². The van der Waals surface area contributed by atoms with Crippen molar-refractivity contribution in [2.75, 3.05) is 18.5 Å². The molecule has 0 amide bonds. The van der Waals surface area contributed by atoms with Gasteiger partial charge in [-0.15, -0.1) is 0 Å². The van der Waals surface area contributed by atoms with Crippen LogP contribution in [-0.4, -0.2) is 25.6 Å². The van der Waals surface area contributed by atoms with E-state index in [1.807, 2.05) is 0 Å². The number of anilines is 1. The van der Waals surface area contributed by atoms with Gasteiger partial charge in [0.15, 0.2) is 5.82 Å². The maximum Gasteiger partial charge on any atom is 0.405 e. The Morgan fingerprint density at radius 2 is 2.00 bits per heavy atom. The van der Waals surface area contributed by atoms with Crippen molar-refractivity contribution < 1.29 is 17.6 Å². The lowest BCUT2D eigenvalue weighted by Gasteiger charge is -2.22. The lowest BCUT2D eigenvalue weighted by Crippen LogP contribution is -2.31. The molecule has 18 heavy (non-hydrogen) atoms. The van der Waals surface area contributed by atoms with Gasteiger partial charge in [-0.1, -0.05) is 0 Å². The third-order valence-corrected chi connectivity index (χ3v) is 2.96. The number of alkyl halides is 3. The highest BCUT2D eigenvalue weighted by Gasteiger charge is 2.30. The summed E-state index contributed by atoms with van der Waals surface area (Å²) in [5, 5.41) is 7.18. The summed E-state index contributed by atoms with van der Waals surface area (Å²) in [6.07, 6.45) is -4.42. The Hall–Kier alpha value is -1.31. The lowest BCUT2D eigenvalue weighted by molar-refractivity contribution is -0.119. The monoisotopic (exact) mass is 327 g/mol. The molecule has 3 nitrogen and oxygen atoms in total. The minimum absolute atomic E-state index is 0.0941. The van der Waals surface area contributed by atoms with E-state index in [9.17, 15) is 17.6 Å². The summed E-state index contributed by atoms with van der Waals surface area (Å²) in [4.78, 5) is 0.740. The number of nitrogens with two attached hydrogens (primary N) is 1. The zero-order valence-electron chi connectivity index (χ0n) is 9.28. The van der Waals surface area contributed by atoms with E-state index in [1.54, 1.807) is 0 Å². The number of hydrogen-bond donors (Lipinski definition) is 2. The minimum Gasteiger partial charge on any atom is -0.384 e. The quantitative estimate of drug-likeness (QED) is 0.509. The van der Waals surface area contributed by atoms with Crippen molar-refractivity contribution in [1.29, 1.82) is 5.41 Å². The Kier molecular flexibility index (Phi) is 4.20. The van der Waals surface area contributed by atoms with Crippen LogP contribution < -0.4 is 10.6 Å². The summed E-state index contributed by atoms with van der Waals surface area (Å²) in [5.74, 6) is -1.25. The van der Waals surface area contributed by atoms with E-state index in [0.29, 0.717) is 0 Å². The maximum atomic E-state index is 13.8. The Bertz CT molecular complexity index is 473. The molecule has 0 spiro atoms. The van der Waals surface area contributed by atoms with Crippen LogP contribution in [-0.2, 0) is 0 Å². The molecule has 0 fully saturated rings. The van der Waals surface area contributed by atoms with E-state index in [4.69, 9.17) is 11.1 Å². The molecule has 0 heterocycles. The van der Waals surface area contributed by atoms with Gasteiger partial charge in [-0.05, 0) is 28.1 Å². The lowest BCUT2D eigenvalue weighted by atomic mass is 10.1. The first kappa shape index (κ1) is 14.7. The summed E-state index contributed by atoms with van der Waals surface area (Å²) < 4.78 is 50.3. The fourth-order valence-electron chi connectivity index (χ4n) is 1.40. The number of nitrogen functional groups attached to an aromatic ring is 1. The van der Waals surface area contributed by atoms with Gasteiger partial charge in [-0.3, -0.25) is 5.41 Å². The van der Waals surface area contributed by atoms with Crippen molar-refractivity contribution in [3.05, 3.63) is 28.0 Å². The van der Waals surface area contributed by atoms with Gasteiger partial charge in [0, 0.05) is 12.6 Å². The number of benzene rings is 1. The zero-order valence-corrected chi connectivity index (χ0v) is 10.9. The van der Waals surface area contributed by atoms with Gasteiger partial charge in [0.05, 0.1) is 10.2 Å². The maximum absolute atomic E-state index is 13.8. The number of amidine groups is 1. The second-order valence-electron chi connectivity index (χ2n) is 3.65. The minimum atomic E-state index is -4.42. The van der Waals surface area contributed by atoms with Crippen LogP contribution in [0.1, 0.15) is 5.56 Å². The second kappa shape index (κ2) is 5.13. The number of rotatable bonds is 3. The first-order chi connectivity index (χ1) is 8.13. The largest absolute Gasteiger partial charge is 0.405 e. The standard InChI is InChI=1S/C10H10BrF4N3/c1-18(4-10(13,14)15)6-3-2-5(9(16)17)7(11)8(6)12/h2-3H,4H2,1H3,(H3,16,17). The summed E-state index contributed by atoms with van der Waals surface area (Å²) in [7, 11) is 1.13. The molecule has 0 aromatic heterocycles. The smallest absolute Gasteiger partial charge is 0.384 e. The zero-order chi connectivity index (χ0) is 14.1. The molecule has 1 rings (SSSR count). The van der Waals surface area contributed by atoms with E-state index < -0.39 is 18.5 Å². The number of nitrogens with one attached hydrogen (secondary N) is 1. The third-order valence-electron chi connectivity index (χ3n) is 2.18. The fraction of sp³-hybridized carbons (Fsp3) is 0.300. The molecular formula is C10H10BrF4N3. The van der Waals surface area contributed by atoms with Crippen LogP contribution in [0.2, 0.25) is 0 Å². The van der Waals surface area contributed by atoms with Crippen LogP contribution in [0.5, 0.6) is 0 Å². The van der Waals surface area contributed by atoms with Crippen molar-refractivity contribution in [2.24, 2.45) is 5.73 Å². The van der Waals surface area contributed by atoms with Gasteiger partial charge in [0.1, 0.15) is 12.4 Å². The molecule has 0 aliphatic carbocycles. The predicted molar refractivity (Wildman–Crippen MR) is 64.4 cm³/mol. The van der Waals surface area contributed by atoms with E-state index in [2.05, 4.69) is 15.9 Å². The molecule has 0 radical (unpaired) electrons. The molecule has 8 heteroatoms. The SMILES string of the molecule is CN(CC(F)(F)F)c1ccc(C(=N)N)c(Br)c1F. The van der Waals surface area contributed by atoms with Gasteiger partial charge in [-0.25, -0.2) is 4.39 Å². The Balaban J connectivity index is 3.13. The summed E-state index contributed by atoms with van der Waals surface area (Å²) >= 11 is 2.88. The topological polar surface area (TPSA) is 53.1 Å². The average Bonchev–Trinajstić information content (AvgIpc) is 2.18. The Morgan fingerprint density at radius 1 is 1.44 bits per heavy atom. The number of halogens is 5. The fourth-order valence-corrected chi connectivity index (χ4v) is 1.95. The molecule has 0 saturated heterocycles. The van der Waals surface area contributed by atoms with Crippen molar-refractivity contribution in [3.8, 4) is 0 Å². The first-order valence-corrected chi connectivity index (χ1v) is 5.53. The summed E-state index contributed by atoms with van der Waals surface area (Å²) in [6, 6.07) is 2.44.